The zero-order chi connectivity index (χ0) is 27.4. The van der Waals surface area contributed by atoms with Crippen molar-refractivity contribution in [3.05, 3.63) is 89.5 Å². The van der Waals surface area contributed by atoms with Gasteiger partial charge in [-0.1, -0.05) is 48.5 Å². The highest BCUT2D eigenvalue weighted by molar-refractivity contribution is 7.92. The number of aliphatic imine (C=N–C) groups is 1. The van der Waals surface area contributed by atoms with Crippen molar-refractivity contribution in [3.63, 3.8) is 0 Å². The zero-order valence-corrected chi connectivity index (χ0v) is 21.7. The molecule has 38 heavy (non-hydrogen) atoms. The van der Waals surface area contributed by atoms with E-state index >= 15 is 0 Å². The number of sulfonamides is 1. The fraction of sp³-hybridized carbons (Fsp3) is 0.185. The van der Waals surface area contributed by atoms with Gasteiger partial charge in [0, 0.05) is 19.2 Å². The van der Waals surface area contributed by atoms with Crippen LogP contribution in [0, 0.1) is 0 Å². The summed E-state index contributed by atoms with van der Waals surface area (Å²) in [5.41, 5.74) is 9.34. The molecule has 3 amide bonds. The highest BCUT2D eigenvalue weighted by atomic mass is 32.2. The van der Waals surface area contributed by atoms with Gasteiger partial charge in [0.1, 0.15) is 12.5 Å². The zero-order valence-electron chi connectivity index (χ0n) is 20.8. The summed E-state index contributed by atoms with van der Waals surface area (Å²) in [6.45, 7) is 1.28. The van der Waals surface area contributed by atoms with Crippen molar-refractivity contribution in [3.8, 4) is 0 Å². The van der Waals surface area contributed by atoms with Crippen molar-refractivity contribution in [2.45, 2.75) is 19.4 Å². The van der Waals surface area contributed by atoms with E-state index in [0.717, 1.165) is 21.7 Å². The molecule has 3 aromatic rings. The van der Waals surface area contributed by atoms with E-state index in [9.17, 15) is 22.8 Å². The Morgan fingerprint density at radius 2 is 1.76 bits per heavy atom. The minimum Gasteiger partial charge on any atom is -0.368 e. The van der Waals surface area contributed by atoms with Crippen LogP contribution in [0.1, 0.15) is 29.5 Å². The minimum atomic E-state index is -3.80. The number of nitrogens with one attached hydrogen (secondary N) is 2. The molecule has 1 aliphatic rings. The molecule has 0 saturated heterocycles. The lowest BCUT2D eigenvalue weighted by molar-refractivity contribution is -0.119. The number of nitrogens with zero attached hydrogens (tertiary/aromatic N) is 2. The van der Waals surface area contributed by atoms with E-state index < -0.39 is 28.4 Å². The molecule has 0 saturated carbocycles. The largest absolute Gasteiger partial charge is 0.368 e. The van der Waals surface area contributed by atoms with Gasteiger partial charge in [-0.15, -0.1) is 0 Å². The number of anilines is 2. The summed E-state index contributed by atoms with van der Waals surface area (Å²) < 4.78 is 25.6. The molecule has 1 aliphatic heterocycles. The van der Waals surface area contributed by atoms with Gasteiger partial charge in [-0.05, 0) is 41.0 Å². The van der Waals surface area contributed by atoms with E-state index in [1.807, 2.05) is 48.5 Å². The van der Waals surface area contributed by atoms with Gasteiger partial charge in [-0.3, -0.25) is 23.7 Å². The van der Waals surface area contributed by atoms with Gasteiger partial charge in [0.2, 0.25) is 27.7 Å². The van der Waals surface area contributed by atoms with Crippen LogP contribution >= 0.6 is 0 Å². The summed E-state index contributed by atoms with van der Waals surface area (Å²) in [6, 6.07) is 21.0. The number of amides is 3. The lowest BCUT2D eigenvalue weighted by atomic mass is 9.90. The van der Waals surface area contributed by atoms with E-state index in [1.165, 1.54) is 19.1 Å². The molecule has 11 heteroatoms. The lowest BCUT2D eigenvalue weighted by Crippen LogP contribution is -2.37. The maximum absolute atomic E-state index is 13.1. The second-order valence-corrected chi connectivity index (χ2v) is 10.8. The number of hydrogen-bond donors (Lipinski definition) is 3. The third-order valence-corrected chi connectivity index (χ3v) is 7.06. The Kier molecular flexibility index (Phi) is 7.58. The number of hydrogen-bond acceptors (Lipinski definition) is 6. The Balaban J connectivity index is 1.81. The molecule has 1 unspecified atom stereocenters. The predicted octanol–water partition coefficient (Wildman–Crippen LogP) is 2.43. The van der Waals surface area contributed by atoms with Crippen molar-refractivity contribution in [1.82, 2.24) is 5.32 Å². The van der Waals surface area contributed by atoms with Crippen LogP contribution in [0.2, 0.25) is 0 Å². The van der Waals surface area contributed by atoms with Crippen LogP contribution in [0.5, 0.6) is 0 Å². The Bertz CT molecular complexity index is 1530. The summed E-state index contributed by atoms with van der Waals surface area (Å²) >= 11 is 0. The molecule has 4 N–H and O–H groups in total. The first-order valence-corrected chi connectivity index (χ1v) is 13.6. The fourth-order valence-corrected chi connectivity index (χ4v) is 5.05. The molecule has 3 aromatic carbocycles. The van der Waals surface area contributed by atoms with Crippen LogP contribution < -0.4 is 20.7 Å². The molecular weight excluding hydrogens is 506 g/mol. The van der Waals surface area contributed by atoms with Gasteiger partial charge in [-0.2, -0.15) is 0 Å². The first-order valence-electron chi connectivity index (χ1n) is 11.7. The molecule has 0 fully saturated rings. The van der Waals surface area contributed by atoms with Crippen LogP contribution in [0.25, 0.3) is 0 Å². The molecule has 4 rings (SSSR count). The van der Waals surface area contributed by atoms with Crippen molar-refractivity contribution in [2.24, 2.45) is 10.7 Å². The first-order chi connectivity index (χ1) is 18.0. The van der Waals surface area contributed by atoms with Crippen molar-refractivity contribution in [2.75, 3.05) is 22.4 Å². The Morgan fingerprint density at radius 1 is 1.05 bits per heavy atom. The molecule has 196 valence electrons. The van der Waals surface area contributed by atoms with Crippen LogP contribution in [0.15, 0.2) is 77.8 Å². The summed E-state index contributed by atoms with van der Waals surface area (Å²) in [5.74, 6) is -1.90. The molecule has 10 nitrogen and oxygen atoms in total. The minimum absolute atomic E-state index is 0.144. The van der Waals surface area contributed by atoms with Gasteiger partial charge >= 0.3 is 0 Å². The van der Waals surface area contributed by atoms with Gasteiger partial charge in [0.05, 0.1) is 23.3 Å². The van der Waals surface area contributed by atoms with E-state index in [4.69, 9.17) is 10.7 Å². The normalized spacial score (nSPS) is 14.9. The smallest absolute Gasteiger partial charge is 0.238 e. The quantitative estimate of drug-likeness (QED) is 0.361. The number of benzene rings is 3. The first kappa shape index (κ1) is 26.6. The molecule has 0 spiro atoms. The second kappa shape index (κ2) is 10.9. The number of carbonyl (C=O) groups excluding carboxylic acids is 3. The van der Waals surface area contributed by atoms with Crippen molar-refractivity contribution < 1.29 is 22.8 Å². The fourth-order valence-electron chi connectivity index (χ4n) is 4.19. The average molecular weight is 534 g/mol. The molecule has 1 atom stereocenters. The van der Waals surface area contributed by atoms with Crippen molar-refractivity contribution in [1.29, 1.82) is 0 Å². The summed E-state index contributed by atoms with van der Waals surface area (Å²) in [7, 11) is -3.80. The maximum Gasteiger partial charge on any atom is 0.238 e. The summed E-state index contributed by atoms with van der Waals surface area (Å²) in [5, 5.41) is 5.64. The van der Waals surface area contributed by atoms with Crippen LogP contribution in [0.4, 0.5) is 17.1 Å². The van der Waals surface area contributed by atoms with Crippen LogP contribution in [0.3, 0.4) is 0 Å². The monoisotopic (exact) mass is 533 g/mol. The van der Waals surface area contributed by atoms with E-state index in [2.05, 4.69) is 10.6 Å². The molecule has 1 heterocycles. The molecule has 0 radical (unpaired) electrons. The summed E-state index contributed by atoms with van der Waals surface area (Å²) in [4.78, 5) is 40.8. The number of carbonyl (C=O) groups is 3. The summed E-state index contributed by atoms with van der Waals surface area (Å²) in [6.07, 6.45) is 0.986. The van der Waals surface area contributed by atoms with Gasteiger partial charge in [0.15, 0.2) is 0 Å². The maximum atomic E-state index is 13.1. The van der Waals surface area contributed by atoms with Crippen LogP contribution in [-0.4, -0.2) is 44.7 Å². The van der Waals surface area contributed by atoms with Gasteiger partial charge in [-0.25, -0.2) is 8.42 Å². The predicted molar refractivity (Wildman–Crippen MR) is 146 cm³/mol. The highest BCUT2D eigenvalue weighted by Gasteiger charge is 2.35. The third kappa shape index (κ3) is 6.06. The van der Waals surface area contributed by atoms with Gasteiger partial charge < -0.3 is 16.4 Å². The molecule has 0 aromatic heterocycles. The standard InChI is InChI=1S/C27H27N5O5S/c1-17(33)29-15-18-10-12-19(13-11-18)26(25-22-8-3-4-9-23(22)31-27(25)35)30-20-6-5-7-21(14-20)32(16-24(28)34)38(2,36)37/h3-14,25H,15-16H2,1-2H3,(H2,28,34)(H,29,33)(H,31,35). The van der Waals surface area contributed by atoms with E-state index in [0.29, 0.717) is 29.2 Å². The number of para-hydroxylation sites is 1. The van der Waals surface area contributed by atoms with E-state index in [1.54, 1.807) is 12.1 Å². The topological polar surface area (TPSA) is 151 Å². The number of primary amides is 1. The Labute approximate surface area is 220 Å². The second-order valence-electron chi connectivity index (χ2n) is 8.87. The number of nitrogens with two attached hydrogens (primary N) is 1. The van der Waals surface area contributed by atoms with Gasteiger partial charge in [0.25, 0.3) is 0 Å². The molecule has 0 bridgehead atoms. The third-order valence-electron chi connectivity index (χ3n) is 5.92. The average Bonchev–Trinajstić information content (AvgIpc) is 3.20. The van der Waals surface area contributed by atoms with Crippen LogP contribution in [-0.2, 0) is 31.0 Å². The molecule has 0 aliphatic carbocycles. The lowest BCUT2D eigenvalue weighted by Gasteiger charge is -2.21. The van der Waals surface area contributed by atoms with Crippen molar-refractivity contribution >= 4 is 50.5 Å². The van der Waals surface area contributed by atoms with E-state index in [-0.39, 0.29) is 17.5 Å². The Morgan fingerprint density at radius 3 is 2.42 bits per heavy atom. The SMILES string of the molecule is CC(=O)NCc1ccc(C(=Nc2cccc(N(CC(N)=O)S(C)(=O)=O)c2)C2C(=O)Nc3ccccc32)cc1. The number of fused-ring (bicyclic) bond motifs is 1. The highest BCUT2D eigenvalue weighted by Crippen LogP contribution is 2.36. The molecular formula is C27H27N5O5S. The Hall–Kier alpha value is -4.51. The number of rotatable bonds is 9.